The number of nitrogens with one attached hydrogen (secondary N) is 1. The maximum absolute atomic E-state index is 13.8. The van der Waals surface area contributed by atoms with Crippen molar-refractivity contribution in [2.45, 2.75) is 146 Å². The zero-order valence-corrected chi connectivity index (χ0v) is 35.8. The molecule has 4 N–H and O–H groups in total. The minimum Gasteiger partial charge on any atom is -0.481 e. The summed E-state index contributed by atoms with van der Waals surface area (Å²) in [6.45, 7) is 30.7. The molecule has 5 aliphatic rings. The summed E-state index contributed by atoms with van der Waals surface area (Å²) in [5.74, 6) is 0.366. The van der Waals surface area contributed by atoms with Crippen LogP contribution in [0.2, 0.25) is 0 Å². The van der Waals surface area contributed by atoms with Gasteiger partial charge in [-0.05, 0) is 96.7 Å². The average Bonchev–Trinajstić information content (AvgIpc) is 3.56. The zero-order chi connectivity index (χ0) is 40.0. The molecule has 4 aliphatic carbocycles. The molecule has 0 spiro atoms. The lowest BCUT2D eigenvalue weighted by atomic mass is 9.34. The number of carboxylic acids is 1. The number of rotatable bonds is 10. The van der Waals surface area contributed by atoms with E-state index < -0.39 is 28.3 Å². The number of hydrogen-bond acceptors (Lipinski definition) is 7. The normalized spacial score (nSPS) is 40.9. The Morgan fingerprint density at radius 1 is 1.06 bits per heavy atom. The first kappa shape index (κ1) is 41.3. The number of carbonyl (C=O) groups is 2. The van der Waals surface area contributed by atoms with Gasteiger partial charge in [0.05, 0.1) is 37.9 Å². The summed E-state index contributed by atoms with van der Waals surface area (Å²) in [5.41, 5.74) is 6.05. The van der Waals surface area contributed by atoms with Gasteiger partial charge in [-0.1, -0.05) is 94.7 Å². The predicted molar refractivity (Wildman–Crippen MR) is 212 cm³/mol. The Bertz CT molecular complexity index is 1630. The zero-order valence-electron chi connectivity index (χ0n) is 35.8. The Labute approximate surface area is 325 Å². The fourth-order valence-electron chi connectivity index (χ4n) is 12.6. The summed E-state index contributed by atoms with van der Waals surface area (Å²) < 4.78 is 15.7. The molecule has 2 heterocycles. The molecule has 1 saturated heterocycles. The molecule has 0 radical (unpaired) electrons. The number of aliphatic carboxylic acids is 1. The van der Waals surface area contributed by atoms with Crippen molar-refractivity contribution in [2.24, 2.45) is 73.7 Å². The van der Waals surface area contributed by atoms with Crippen LogP contribution in [-0.4, -0.2) is 69.8 Å². The van der Waals surface area contributed by atoms with Crippen molar-refractivity contribution in [3.8, 4) is 0 Å². The van der Waals surface area contributed by atoms with E-state index in [1.807, 2.05) is 4.68 Å². The van der Waals surface area contributed by atoms with Gasteiger partial charge in [0.2, 0.25) is 5.82 Å². The number of fused-ring (bicyclic) bond motifs is 3. The van der Waals surface area contributed by atoms with Crippen LogP contribution in [0.5, 0.6) is 0 Å². The third kappa shape index (κ3) is 6.22. The summed E-state index contributed by atoms with van der Waals surface area (Å²) in [7, 11) is 0. The molecule has 1 aliphatic heterocycles. The third-order valence-electron chi connectivity index (χ3n) is 16.9. The molecule has 10 nitrogen and oxygen atoms in total. The smallest absolute Gasteiger partial charge is 0.307 e. The first-order chi connectivity index (χ1) is 24.9. The van der Waals surface area contributed by atoms with Gasteiger partial charge in [-0.25, -0.2) is 9.67 Å². The number of aromatic nitrogens is 3. The highest BCUT2D eigenvalue weighted by Crippen LogP contribution is 2.75. The first-order valence-electron chi connectivity index (χ1n) is 21.0. The molecule has 0 aromatic carbocycles. The van der Waals surface area contributed by atoms with Crippen LogP contribution < -0.4 is 11.1 Å². The molecular formula is C44H73N5O5. The number of amides is 1. The Balaban J connectivity index is 1.46. The molecule has 12 atom stereocenters. The van der Waals surface area contributed by atoms with Crippen LogP contribution in [0.3, 0.4) is 0 Å². The minimum absolute atomic E-state index is 0.0916. The monoisotopic (exact) mass is 752 g/mol. The Hall–Kier alpha value is -2.30. The molecule has 2 bridgehead atoms. The third-order valence-corrected chi connectivity index (χ3v) is 16.9. The van der Waals surface area contributed by atoms with E-state index in [0.29, 0.717) is 44.5 Å². The Morgan fingerprint density at radius 3 is 2.35 bits per heavy atom. The second-order valence-electron chi connectivity index (χ2n) is 21.8. The Kier molecular flexibility index (Phi) is 10.5. The van der Waals surface area contributed by atoms with Crippen molar-refractivity contribution in [3.05, 3.63) is 23.8 Å². The topological polar surface area (TPSA) is 142 Å². The largest absolute Gasteiger partial charge is 0.481 e. The van der Waals surface area contributed by atoms with Gasteiger partial charge in [0.1, 0.15) is 6.33 Å². The molecule has 1 aromatic rings. The highest BCUT2D eigenvalue weighted by Gasteiger charge is 2.72. The summed E-state index contributed by atoms with van der Waals surface area (Å²) in [6.07, 6.45) is 9.02. The van der Waals surface area contributed by atoms with Crippen LogP contribution in [-0.2, 0) is 14.3 Å². The van der Waals surface area contributed by atoms with Gasteiger partial charge in [-0.3, -0.25) is 9.59 Å². The SMILES string of the molecule is CC(C)[C@@H](C)[C@@]1(C)CC[C@]2(C)[C@H]3CC[C@@H]4[C@@]5(COC[C@@]4(C)[C@@H](OC[C@](C)(N)C(C)C)[C@H](n4ncnc4C(=O)NCC(C)(C)C)C5)C3=CC[C@@]2(C)[C@@H]1C(=O)O. The number of allylic oxidation sites excluding steroid dienone is 1. The molecule has 4 fully saturated rings. The number of nitrogens with zero attached hydrogens (tertiary/aromatic N) is 3. The van der Waals surface area contributed by atoms with Gasteiger partial charge in [-0.2, -0.15) is 5.10 Å². The number of hydrogen-bond donors (Lipinski definition) is 3. The lowest BCUT2D eigenvalue weighted by Crippen LogP contribution is -2.69. The van der Waals surface area contributed by atoms with E-state index in [-0.39, 0.29) is 63.4 Å². The van der Waals surface area contributed by atoms with Gasteiger partial charge in [0, 0.05) is 22.9 Å². The van der Waals surface area contributed by atoms with Crippen molar-refractivity contribution in [1.29, 1.82) is 0 Å². The number of nitrogens with two attached hydrogens (primary N) is 1. The summed E-state index contributed by atoms with van der Waals surface area (Å²) >= 11 is 0. The molecule has 10 heteroatoms. The van der Waals surface area contributed by atoms with E-state index in [1.165, 1.54) is 11.9 Å². The molecule has 54 heavy (non-hydrogen) atoms. The van der Waals surface area contributed by atoms with Gasteiger partial charge >= 0.3 is 5.97 Å². The minimum atomic E-state index is -0.648. The fraction of sp³-hybridized carbons (Fsp3) is 0.864. The lowest BCUT2D eigenvalue weighted by molar-refractivity contribution is -0.252. The molecule has 304 valence electrons. The second-order valence-corrected chi connectivity index (χ2v) is 21.8. The maximum Gasteiger partial charge on any atom is 0.307 e. The summed E-state index contributed by atoms with van der Waals surface area (Å²) in [4.78, 5) is 32.0. The average molecular weight is 752 g/mol. The van der Waals surface area contributed by atoms with E-state index in [1.54, 1.807) is 0 Å². The molecule has 3 saturated carbocycles. The predicted octanol–water partition coefficient (Wildman–Crippen LogP) is 7.94. The van der Waals surface area contributed by atoms with E-state index in [0.717, 1.165) is 32.1 Å². The summed E-state index contributed by atoms with van der Waals surface area (Å²) in [6, 6.07) is -0.287. The van der Waals surface area contributed by atoms with Gasteiger partial charge in [-0.15, -0.1) is 0 Å². The fourth-order valence-corrected chi connectivity index (χ4v) is 12.6. The second kappa shape index (κ2) is 13.7. The van der Waals surface area contributed by atoms with Crippen LogP contribution in [0.15, 0.2) is 18.0 Å². The first-order valence-corrected chi connectivity index (χ1v) is 21.0. The van der Waals surface area contributed by atoms with E-state index in [9.17, 15) is 14.7 Å². The number of carbonyl (C=O) groups excluding carboxylic acids is 1. The molecule has 6 rings (SSSR count). The van der Waals surface area contributed by atoms with Gasteiger partial charge in [0.25, 0.3) is 5.91 Å². The van der Waals surface area contributed by atoms with E-state index >= 15 is 0 Å². The van der Waals surface area contributed by atoms with E-state index in [4.69, 9.17) is 20.3 Å². The highest BCUT2D eigenvalue weighted by atomic mass is 16.5. The summed E-state index contributed by atoms with van der Waals surface area (Å²) in [5, 5.41) is 19.1. The van der Waals surface area contributed by atoms with Crippen molar-refractivity contribution in [2.75, 3.05) is 26.4 Å². The van der Waals surface area contributed by atoms with Gasteiger partial charge < -0.3 is 25.6 Å². The van der Waals surface area contributed by atoms with Crippen LogP contribution in [0.4, 0.5) is 0 Å². The van der Waals surface area contributed by atoms with Crippen molar-refractivity contribution in [1.82, 2.24) is 20.1 Å². The Morgan fingerprint density at radius 2 is 1.74 bits per heavy atom. The molecule has 1 aromatic heterocycles. The maximum atomic E-state index is 13.8. The molecular weight excluding hydrogens is 679 g/mol. The van der Waals surface area contributed by atoms with Gasteiger partial charge in [0.15, 0.2) is 0 Å². The molecule has 1 amide bonds. The molecule has 0 unspecified atom stereocenters. The number of ether oxygens (including phenoxy) is 2. The van der Waals surface area contributed by atoms with Crippen molar-refractivity contribution >= 4 is 11.9 Å². The van der Waals surface area contributed by atoms with Crippen LogP contribution in [0.25, 0.3) is 0 Å². The standard InChI is InChI=1S/C44H73N5O5/c1-26(2)28(5)39(9)18-19-41(11)29-14-15-32-40(10)22-53-24-44(32,30(29)16-17-42(41,12)33(39)37(51)52)20-31(34(40)54-23-43(13,45)27(3)4)49-35(47-25-48-49)36(50)46-21-38(6,7)8/h16,25-29,31-34H,14-15,17-24,45H2,1-13H3,(H,46,50)(H,51,52)/t28-,29+,31-,32+,33-,34+,39-,40-,41-,42+,43+,44+/m1/s1. The van der Waals surface area contributed by atoms with E-state index in [2.05, 4.69) is 106 Å². The van der Waals surface area contributed by atoms with Crippen LogP contribution >= 0.6 is 0 Å². The van der Waals surface area contributed by atoms with Crippen LogP contribution in [0.1, 0.15) is 145 Å². The van der Waals surface area contributed by atoms with Crippen LogP contribution in [0, 0.1) is 68.0 Å². The quantitative estimate of drug-likeness (QED) is 0.205. The van der Waals surface area contributed by atoms with Crippen molar-refractivity contribution in [3.63, 3.8) is 0 Å². The van der Waals surface area contributed by atoms with Crippen molar-refractivity contribution < 1.29 is 24.2 Å². The highest BCUT2D eigenvalue weighted by molar-refractivity contribution is 5.90. The number of carboxylic acid groups (broad SMARTS) is 1. The lowest BCUT2D eigenvalue weighted by Gasteiger charge is -2.71.